The third kappa shape index (κ3) is 5.66. The van der Waals surface area contributed by atoms with Crippen LogP contribution in [0.5, 0.6) is 0 Å². The molecule has 0 aromatic heterocycles. The van der Waals surface area contributed by atoms with Crippen LogP contribution < -0.4 is 4.72 Å². The minimum absolute atomic E-state index is 0.0274. The summed E-state index contributed by atoms with van der Waals surface area (Å²) in [5, 5.41) is 11.0. The monoisotopic (exact) mass is 530 g/mol. The minimum Gasteiger partial charge on any atom is -0.393 e. The first-order valence-corrected chi connectivity index (χ1v) is 16.1. The van der Waals surface area contributed by atoms with E-state index < -0.39 is 10.3 Å². The number of fused-ring (bicyclic) bond motifs is 5. The van der Waals surface area contributed by atoms with E-state index in [9.17, 15) is 18.1 Å². The van der Waals surface area contributed by atoms with Crippen LogP contribution >= 0.6 is 0 Å². The molecular weight excluding hydrogens is 484 g/mol. The third-order valence-electron chi connectivity index (χ3n) is 10.4. The Morgan fingerprint density at radius 3 is 2.65 bits per heavy atom. The van der Waals surface area contributed by atoms with Crippen molar-refractivity contribution in [3.05, 3.63) is 41.5 Å². The van der Waals surface area contributed by atoms with Crippen molar-refractivity contribution in [2.24, 2.45) is 16.7 Å². The molecule has 0 radical (unpaired) electrons. The first kappa shape index (κ1) is 27.2. The highest BCUT2D eigenvalue weighted by Gasteiger charge is 2.60. The summed E-state index contributed by atoms with van der Waals surface area (Å²) in [6.45, 7) is 6.17. The third-order valence-corrected chi connectivity index (χ3v) is 10.9. The van der Waals surface area contributed by atoms with Crippen LogP contribution in [-0.4, -0.2) is 48.7 Å². The molecule has 6 nitrogen and oxygen atoms in total. The zero-order chi connectivity index (χ0) is 26.1. The quantitative estimate of drug-likeness (QED) is 0.193. The van der Waals surface area contributed by atoms with E-state index in [0.29, 0.717) is 17.5 Å². The maximum absolute atomic E-state index is 11.3. The number of unbranched alkanes of at least 4 members (excludes halogenated alkanes) is 4. The molecule has 206 valence electrons. The maximum Gasteiger partial charge on any atom is 0.357 e. The molecule has 1 aromatic rings. The van der Waals surface area contributed by atoms with Crippen molar-refractivity contribution in [3.8, 4) is 0 Å². The molecule has 3 unspecified atom stereocenters. The second-order valence-corrected chi connectivity index (χ2v) is 13.7. The number of nitrogens with zero attached hydrogens (tertiary/aromatic N) is 1. The summed E-state index contributed by atoms with van der Waals surface area (Å²) in [7, 11) is -4.28. The number of likely N-dealkylation sites (tertiary alicyclic amines) is 1. The Hall–Kier alpha value is -1.41. The molecule has 2 saturated carbocycles. The second-order valence-electron chi connectivity index (χ2n) is 12.5. The lowest BCUT2D eigenvalue weighted by molar-refractivity contribution is -0.0530. The van der Waals surface area contributed by atoms with Crippen LogP contribution in [0.3, 0.4) is 0 Å². The Balaban J connectivity index is 1.28. The largest absolute Gasteiger partial charge is 0.393 e. The van der Waals surface area contributed by atoms with Crippen LogP contribution in [0, 0.1) is 16.7 Å². The first-order valence-electron chi connectivity index (χ1n) is 14.7. The number of aliphatic hydroxyl groups is 1. The van der Waals surface area contributed by atoms with E-state index in [4.69, 9.17) is 0 Å². The Kier molecular flexibility index (Phi) is 8.07. The zero-order valence-corrected chi connectivity index (χ0v) is 23.3. The summed E-state index contributed by atoms with van der Waals surface area (Å²) in [6.07, 6.45) is 19.8. The average Bonchev–Trinajstić information content (AvgIpc) is 3.47. The SMILES string of the molecule is C[C@]12CCC3c4ccc(NS(=O)(=O)O)cc4CCC3(C=CCCCCCCN3CCCC3)C1CC[C@@H]2O. The van der Waals surface area contributed by atoms with Crippen LogP contribution in [-0.2, 0) is 16.7 Å². The van der Waals surface area contributed by atoms with Gasteiger partial charge in [-0.1, -0.05) is 38.0 Å². The van der Waals surface area contributed by atoms with Crippen LogP contribution in [0.15, 0.2) is 30.4 Å². The summed E-state index contributed by atoms with van der Waals surface area (Å²) < 4.78 is 34.1. The maximum atomic E-state index is 11.3. The van der Waals surface area contributed by atoms with Gasteiger partial charge in [-0.2, -0.15) is 8.42 Å². The fraction of sp³-hybridized carbons (Fsp3) is 0.733. The predicted octanol–water partition coefficient (Wildman–Crippen LogP) is 6.09. The number of aliphatic hydroxyl groups excluding tert-OH is 1. The van der Waals surface area contributed by atoms with Crippen molar-refractivity contribution in [2.75, 3.05) is 24.4 Å². The molecule has 7 heteroatoms. The van der Waals surface area contributed by atoms with Gasteiger partial charge in [0.05, 0.1) is 11.8 Å². The predicted molar refractivity (Wildman–Crippen MR) is 149 cm³/mol. The lowest BCUT2D eigenvalue weighted by Gasteiger charge is -2.57. The van der Waals surface area contributed by atoms with E-state index in [1.807, 2.05) is 6.07 Å². The molecule has 1 saturated heterocycles. The van der Waals surface area contributed by atoms with E-state index in [2.05, 4.69) is 34.8 Å². The Labute approximate surface area is 223 Å². The van der Waals surface area contributed by atoms with Gasteiger partial charge in [-0.3, -0.25) is 9.27 Å². The van der Waals surface area contributed by atoms with Gasteiger partial charge in [0.1, 0.15) is 0 Å². The standard InChI is InChI=1S/C30H46N2O4S/c1-29-17-15-26-25-11-10-24(31-37(34,35)36)22-23(25)14-18-30(26,27(29)12-13-28(29)33)16-6-4-2-3-5-7-19-32-20-8-9-21-32/h6,10-11,16,22,26-28,31,33H,2-5,7-9,12-15,17-21H2,1H3,(H,34,35,36)/t26?,27?,28-,29-,30?/m0/s1. The van der Waals surface area contributed by atoms with Gasteiger partial charge < -0.3 is 10.0 Å². The lowest BCUT2D eigenvalue weighted by atomic mass is 9.47. The van der Waals surface area contributed by atoms with E-state index in [1.54, 1.807) is 6.07 Å². The Morgan fingerprint density at radius 1 is 1.08 bits per heavy atom. The molecule has 3 N–H and O–H groups in total. The first-order chi connectivity index (χ1) is 17.7. The zero-order valence-electron chi connectivity index (χ0n) is 22.5. The lowest BCUT2D eigenvalue weighted by Crippen LogP contribution is -2.50. The van der Waals surface area contributed by atoms with E-state index in [1.165, 1.54) is 69.3 Å². The van der Waals surface area contributed by atoms with Crippen LogP contribution in [0.25, 0.3) is 0 Å². The number of benzene rings is 1. The van der Waals surface area contributed by atoms with Crippen LogP contribution in [0.2, 0.25) is 0 Å². The van der Waals surface area contributed by atoms with Gasteiger partial charge in [0.25, 0.3) is 0 Å². The molecule has 0 amide bonds. The topological polar surface area (TPSA) is 89.9 Å². The number of allylic oxidation sites excluding steroid dienone is 2. The highest BCUT2D eigenvalue weighted by atomic mass is 32.2. The van der Waals surface area contributed by atoms with E-state index >= 15 is 0 Å². The van der Waals surface area contributed by atoms with Crippen molar-refractivity contribution in [2.45, 2.75) is 102 Å². The number of rotatable bonds is 10. The molecule has 37 heavy (non-hydrogen) atoms. The fourth-order valence-corrected chi connectivity index (χ4v) is 8.93. The van der Waals surface area contributed by atoms with Crippen LogP contribution in [0.4, 0.5) is 5.69 Å². The minimum atomic E-state index is -4.28. The Morgan fingerprint density at radius 2 is 1.86 bits per heavy atom. The van der Waals surface area contributed by atoms with Crippen molar-refractivity contribution in [1.82, 2.24) is 4.90 Å². The fourth-order valence-electron chi connectivity index (χ4n) is 8.50. The van der Waals surface area contributed by atoms with Gasteiger partial charge >= 0.3 is 10.3 Å². The normalized spacial score (nSPS) is 33.9. The van der Waals surface area contributed by atoms with Crippen LogP contribution in [0.1, 0.15) is 101 Å². The van der Waals surface area contributed by atoms with Gasteiger partial charge in [0.15, 0.2) is 0 Å². The van der Waals surface area contributed by atoms with Gasteiger partial charge in [0, 0.05) is 0 Å². The molecule has 0 bridgehead atoms. The van der Waals surface area contributed by atoms with Gasteiger partial charge in [-0.05, 0) is 136 Å². The number of hydrogen-bond donors (Lipinski definition) is 3. The van der Waals surface area contributed by atoms with E-state index in [-0.39, 0.29) is 16.9 Å². The summed E-state index contributed by atoms with van der Waals surface area (Å²) in [4.78, 5) is 2.61. The molecule has 5 rings (SSSR count). The highest BCUT2D eigenvalue weighted by molar-refractivity contribution is 7.87. The summed E-state index contributed by atoms with van der Waals surface area (Å²) >= 11 is 0. The van der Waals surface area contributed by atoms with Crippen molar-refractivity contribution >= 4 is 16.0 Å². The van der Waals surface area contributed by atoms with Gasteiger partial charge in [-0.15, -0.1) is 0 Å². The molecule has 0 spiro atoms. The molecule has 3 aliphatic carbocycles. The Bertz CT molecular complexity index is 1080. The second kappa shape index (κ2) is 11.0. The molecule has 1 aliphatic heterocycles. The molecular formula is C30H46N2O4S. The van der Waals surface area contributed by atoms with Crippen molar-refractivity contribution < 1.29 is 18.1 Å². The number of nitrogens with one attached hydrogen (secondary N) is 1. The van der Waals surface area contributed by atoms with Gasteiger partial charge in [0.2, 0.25) is 0 Å². The summed E-state index contributed by atoms with van der Waals surface area (Å²) in [6, 6.07) is 5.76. The van der Waals surface area contributed by atoms with Gasteiger partial charge in [-0.25, -0.2) is 0 Å². The molecule has 1 aromatic carbocycles. The number of anilines is 1. The van der Waals surface area contributed by atoms with Crippen molar-refractivity contribution in [3.63, 3.8) is 0 Å². The summed E-state index contributed by atoms with van der Waals surface area (Å²) in [5.41, 5.74) is 2.95. The number of hydrogen-bond acceptors (Lipinski definition) is 4. The molecule has 5 atom stereocenters. The molecule has 3 fully saturated rings. The molecule has 1 heterocycles. The van der Waals surface area contributed by atoms with Crippen molar-refractivity contribution in [1.29, 1.82) is 0 Å². The number of aryl methyl sites for hydroxylation is 1. The van der Waals surface area contributed by atoms with E-state index in [0.717, 1.165) is 44.9 Å². The summed E-state index contributed by atoms with van der Waals surface area (Å²) in [5.74, 6) is 0.852. The highest BCUT2D eigenvalue weighted by Crippen LogP contribution is 2.67. The average molecular weight is 531 g/mol. The smallest absolute Gasteiger partial charge is 0.357 e. The molecule has 4 aliphatic rings.